The molecule has 0 radical (unpaired) electrons. The normalized spacial score (nSPS) is 39.6. The molecule has 0 spiro atoms. The third-order valence-corrected chi connectivity index (χ3v) is 5.69. The van der Waals surface area contributed by atoms with E-state index in [9.17, 15) is 10.2 Å². The van der Waals surface area contributed by atoms with Crippen LogP contribution in [0, 0.1) is 11.3 Å². The summed E-state index contributed by atoms with van der Waals surface area (Å²) in [4.78, 5) is 0. The molecule has 0 aromatic heterocycles. The van der Waals surface area contributed by atoms with E-state index in [1.165, 1.54) is 6.42 Å². The fourth-order valence-corrected chi connectivity index (χ4v) is 4.78. The minimum atomic E-state index is -0.596. The number of hydrogen-bond acceptors (Lipinski definition) is 3. The average molecular weight is 244 g/mol. The molecule has 1 saturated heterocycles. The standard InChI is InChI=1S/C13H24O2S/c1-11-3-2-4-12(9-11,10-14)13(15)5-7-16-8-6-13/h11,14-15H,2-10H2,1H3. The van der Waals surface area contributed by atoms with Crippen LogP contribution in [0.1, 0.15) is 45.4 Å². The predicted octanol–water partition coefficient (Wildman–Crippen LogP) is 2.43. The zero-order chi connectivity index (χ0) is 11.6. The Labute approximate surface area is 103 Å². The van der Waals surface area contributed by atoms with Gasteiger partial charge in [-0.25, -0.2) is 0 Å². The molecule has 94 valence electrons. The number of aliphatic hydroxyl groups is 2. The van der Waals surface area contributed by atoms with E-state index in [4.69, 9.17) is 0 Å². The van der Waals surface area contributed by atoms with Crippen LogP contribution in [0.3, 0.4) is 0 Å². The van der Waals surface area contributed by atoms with Crippen molar-refractivity contribution >= 4 is 11.8 Å². The van der Waals surface area contributed by atoms with E-state index in [0.717, 1.165) is 43.6 Å². The van der Waals surface area contributed by atoms with E-state index in [2.05, 4.69) is 6.92 Å². The number of aliphatic hydroxyl groups excluding tert-OH is 1. The Morgan fingerprint density at radius 2 is 1.94 bits per heavy atom. The molecular weight excluding hydrogens is 220 g/mol. The molecule has 2 fully saturated rings. The van der Waals surface area contributed by atoms with Gasteiger partial charge < -0.3 is 10.2 Å². The monoisotopic (exact) mass is 244 g/mol. The molecule has 1 heterocycles. The predicted molar refractivity (Wildman–Crippen MR) is 68.7 cm³/mol. The second-order valence-corrected chi connectivity index (χ2v) is 7.01. The second-order valence-electron chi connectivity index (χ2n) is 5.78. The summed E-state index contributed by atoms with van der Waals surface area (Å²) >= 11 is 1.93. The van der Waals surface area contributed by atoms with Gasteiger partial charge in [0.05, 0.1) is 12.2 Å². The van der Waals surface area contributed by atoms with E-state index in [1.54, 1.807) is 0 Å². The molecule has 1 aliphatic heterocycles. The molecule has 2 atom stereocenters. The fourth-order valence-electron chi connectivity index (χ4n) is 3.61. The van der Waals surface area contributed by atoms with Gasteiger partial charge in [-0.2, -0.15) is 11.8 Å². The van der Waals surface area contributed by atoms with Crippen molar-refractivity contribution < 1.29 is 10.2 Å². The van der Waals surface area contributed by atoms with Gasteiger partial charge in [-0.3, -0.25) is 0 Å². The quantitative estimate of drug-likeness (QED) is 0.784. The van der Waals surface area contributed by atoms with Crippen LogP contribution < -0.4 is 0 Å². The smallest absolute Gasteiger partial charge is 0.0741 e. The maximum absolute atomic E-state index is 10.9. The molecule has 0 bridgehead atoms. The van der Waals surface area contributed by atoms with Crippen molar-refractivity contribution in [2.24, 2.45) is 11.3 Å². The van der Waals surface area contributed by atoms with E-state index >= 15 is 0 Å². The fraction of sp³-hybridized carbons (Fsp3) is 1.00. The van der Waals surface area contributed by atoms with Crippen LogP contribution in [-0.2, 0) is 0 Å². The summed E-state index contributed by atoms with van der Waals surface area (Å²) in [5.41, 5.74) is -0.798. The second kappa shape index (κ2) is 4.87. The molecule has 3 heteroatoms. The first kappa shape index (κ1) is 12.7. The van der Waals surface area contributed by atoms with Crippen molar-refractivity contribution in [2.75, 3.05) is 18.1 Å². The zero-order valence-electron chi connectivity index (χ0n) is 10.2. The molecule has 2 rings (SSSR count). The summed E-state index contributed by atoms with van der Waals surface area (Å²) in [5.74, 6) is 2.75. The van der Waals surface area contributed by atoms with Crippen LogP contribution in [-0.4, -0.2) is 33.9 Å². The first-order valence-corrected chi connectivity index (χ1v) is 7.68. The maximum Gasteiger partial charge on any atom is 0.0741 e. The SMILES string of the molecule is CC1CCCC(CO)(C2(O)CCSCC2)C1. The van der Waals surface area contributed by atoms with E-state index in [-0.39, 0.29) is 12.0 Å². The molecule has 1 aliphatic carbocycles. The summed E-state index contributed by atoms with van der Waals surface area (Å²) in [5, 5.41) is 20.7. The van der Waals surface area contributed by atoms with Crippen LogP contribution in [0.5, 0.6) is 0 Å². The maximum atomic E-state index is 10.9. The molecular formula is C13H24O2S. The van der Waals surface area contributed by atoms with Gasteiger partial charge in [-0.05, 0) is 43.1 Å². The van der Waals surface area contributed by atoms with Gasteiger partial charge in [0.1, 0.15) is 0 Å². The molecule has 2 nitrogen and oxygen atoms in total. The average Bonchev–Trinajstić information content (AvgIpc) is 2.29. The van der Waals surface area contributed by atoms with Crippen molar-refractivity contribution in [1.29, 1.82) is 0 Å². The van der Waals surface area contributed by atoms with Crippen molar-refractivity contribution in [3.8, 4) is 0 Å². The lowest BCUT2D eigenvalue weighted by atomic mass is 9.59. The molecule has 2 aliphatic rings. The Morgan fingerprint density at radius 1 is 1.25 bits per heavy atom. The molecule has 0 amide bonds. The highest BCUT2D eigenvalue weighted by Crippen LogP contribution is 2.51. The molecule has 1 saturated carbocycles. The van der Waals surface area contributed by atoms with E-state index < -0.39 is 5.60 Å². The molecule has 0 aromatic carbocycles. The van der Waals surface area contributed by atoms with Crippen LogP contribution >= 0.6 is 11.8 Å². The summed E-state index contributed by atoms with van der Waals surface area (Å²) < 4.78 is 0. The largest absolute Gasteiger partial charge is 0.396 e. The third kappa shape index (κ3) is 2.14. The lowest BCUT2D eigenvalue weighted by Crippen LogP contribution is -2.54. The van der Waals surface area contributed by atoms with Gasteiger partial charge >= 0.3 is 0 Å². The van der Waals surface area contributed by atoms with Gasteiger partial charge in [0, 0.05) is 5.41 Å². The zero-order valence-corrected chi connectivity index (χ0v) is 11.1. The Balaban J connectivity index is 2.18. The van der Waals surface area contributed by atoms with Crippen LogP contribution in [0.4, 0.5) is 0 Å². The lowest BCUT2D eigenvalue weighted by molar-refractivity contribution is -0.139. The van der Waals surface area contributed by atoms with Crippen molar-refractivity contribution in [2.45, 2.75) is 51.0 Å². The van der Waals surface area contributed by atoms with Crippen molar-refractivity contribution in [3.63, 3.8) is 0 Å². The molecule has 2 unspecified atom stereocenters. The van der Waals surface area contributed by atoms with Gasteiger partial charge in [0.25, 0.3) is 0 Å². The number of thioether (sulfide) groups is 1. The third-order valence-electron chi connectivity index (χ3n) is 4.70. The Bertz CT molecular complexity index is 238. The Morgan fingerprint density at radius 3 is 2.50 bits per heavy atom. The minimum absolute atomic E-state index is 0.165. The first-order valence-electron chi connectivity index (χ1n) is 6.53. The number of rotatable bonds is 2. The lowest BCUT2D eigenvalue weighted by Gasteiger charge is -2.51. The summed E-state index contributed by atoms with van der Waals surface area (Å²) in [6.07, 6.45) is 6.17. The van der Waals surface area contributed by atoms with Crippen LogP contribution in [0.15, 0.2) is 0 Å². The molecule has 0 aromatic rings. The minimum Gasteiger partial charge on any atom is -0.396 e. The van der Waals surface area contributed by atoms with Crippen LogP contribution in [0.25, 0.3) is 0 Å². The van der Waals surface area contributed by atoms with Gasteiger partial charge in [-0.15, -0.1) is 0 Å². The topological polar surface area (TPSA) is 40.5 Å². The first-order chi connectivity index (χ1) is 7.62. The summed E-state index contributed by atoms with van der Waals surface area (Å²) in [7, 11) is 0. The summed E-state index contributed by atoms with van der Waals surface area (Å²) in [6.45, 7) is 2.42. The Kier molecular flexibility index (Phi) is 3.87. The van der Waals surface area contributed by atoms with E-state index in [1.807, 2.05) is 11.8 Å². The highest BCUT2D eigenvalue weighted by Gasteiger charge is 2.51. The number of hydrogen-bond donors (Lipinski definition) is 2. The highest BCUT2D eigenvalue weighted by molar-refractivity contribution is 7.99. The van der Waals surface area contributed by atoms with Gasteiger partial charge in [-0.1, -0.05) is 19.8 Å². The van der Waals surface area contributed by atoms with Gasteiger partial charge in [0.2, 0.25) is 0 Å². The van der Waals surface area contributed by atoms with Crippen molar-refractivity contribution in [3.05, 3.63) is 0 Å². The summed E-state index contributed by atoms with van der Waals surface area (Å²) in [6, 6.07) is 0. The molecule has 2 N–H and O–H groups in total. The van der Waals surface area contributed by atoms with Gasteiger partial charge in [0.15, 0.2) is 0 Å². The highest BCUT2D eigenvalue weighted by atomic mass is 32.2. The van der Waals surface area contributed by atoms with Crippen molar-refractivity contribution in [1.82, 2.24) is 0 Å². The van der Waals surface area contributed by atoms with E-state index in [0.29, 0.717) is 5.92 Å². The molecule has 16 heavy (non-hydrogen) atoms. The Hall–Kier alpha value is 0.270. The van der Waals surface area contributed by atoms with Crippen LogP contribution in [0.2, 0.25) is 0 Å².